The highest BCUT2D eigenvalue weighted by molar-refractivity contribution is 5.92. The minimum atomic E-state index is 0.0536. The number of carbonyl (C=O) groups excluding carboxylic acids is 2. The Labute approximate surface area is 196 Å². The average Bonchev–Trinajstić information content (AvgIpc) is 2.78. The van der Waals surface area contributed by atoms with Crippen LogP contribution in [-0.2, 0) is 9.59 Å². The van der Waals surface area contributed by atoms with Gasteiger partial charge in [0, 0.05) is 24.2 Å². The van der Waals surface area contributed by atoms with Gasteiger partial charge in [-0.05, 0) is 62.8 Å². The standard InChI is InChI=1S/C28H44N2O2/c1-3-5-7-9-11-13-15-17-19-27(31)29-25-21-23-26(24-22-25)30-28(32)20-18-16-14-12-10-8-6-4-2/h3-4,21-24H,1-2,5-20H2,(H,29,31)(H,30,32). The van der Waals surface area contributed by atoms with Crippen molar-refractivity contribution < 1.29 is 9.59 Å². The first-order valence-electron chi connectivity index (χ1n) is 12.6. The minimum Gasteiger partial charge on any atom is -0.326 e. The summed E-state index contributed by atoms with van der Waals surface area (Å²) in [6.07, 6.45) is 21.1. The molecule has 0 heterocycles. The van der Waals surface area contributed by atoms with E-state index in [1.54, 1.807) is 0 Å². The van der Waals surface area contributed by atoms with Crippen LogP contribution in [0.25, 0.3) is 0 Å². The van der Waals surface area contributed by atoms with Gasteiger partial charge in [-0.2, -0.15) is 0 Å². The van der Waals surface area contributed by atoms with Crippen molar-refractivity contribution in [1.29, 1.82) is 0 Å². The molecule has 0 saturated heterocycles. The number of nitrogens with one attached hydrogen (secondary N) is 2. The van der Waals surface area contributed by atoms with Crippen molar-refractivity contribution in [2.75, 3.05) is 10.6 Å². The van der Waals surface area contributed by atoms with Crippen LogP contribution in [0.1, 0.15) is 103 Å². The zero-order chi connectivity index (χ0) is 23.3. The van der Waals surface area contributed by atoms with Crippen LogP contribution in [0.4, 0.5) is 11.4 Å². The summed E-state index contributed by atoms with van der Waals surface area (Å²) in [6.45, 7) is 7.48. The molecule has 0 aliphatic heterocycles. The molecule has 2 amide bonds. The molecule has 1 aromatic rings. The fourth-order valence-electron chi connectivity index (χ4n) is 3.65. The van der Waals surface area contributed by atoms with Gasteiger partial charge in [0.05, 0.1) is 0 Å². The Morgan fingerprint density at radius 3 is 1.22 bits per heavy atom. The predicted molar refractivity (Wildman–Crippen MR) is 138 cm³/mol. The third-order valence-corrected chi connectivity index (χ3v) is 5.58. The second kappa shape index (κ2) is 19.3. The number of anilines is 2. The van der Waals surface area contributed by atoms with E-state index in [2.05, 4.69) is 23.8 Å². The number of amides is 2. The number of hydrogen-bond acceptors (Lipinski definition) is 2. The van der Waals surface area contributed by atoms with Crippen LogP contribution in [0.15, 0.2) is 49.6 Å². The lowest BCUT2D eigenvalue weighted by Crippen LogP contribution is -2.12. The molecular formula is C28H44N2O2. The van der Waals surface area contributed by atoms with Crippen LogP contribution in [-0.4, -0.2) is 11.8 Å². The third-order valence-electron chi connectivity index (χ3n) is 5.58. The first-order chi connectivity index (χ1) is 15.7. The molecule has 0 radical (unpaired) electrons. The molecule has 0 aliphatic carbocycles. The zero-order valence-electron chi connectivity index (χ0n) is 20.0. The van der Waals surface area contributed by atoms with Crippen molar-refractivity contribution in [3.05, 3.63) is 49.6 Å². The van der Waals surface area contributed by atoms with E-state index >= 15 is 0 Å². The molecule has 2 N–H and O–H groups in total. The van der Waals surface area contributed by atoms with Gasteiger partial charge in [0.2, 0.25) is 11.8 Å². The molecule has 0 fully saturated rings. The summed E-state index contributed by atoms with van der Waals surface area (Å²) in [7, 11) is 0. The Balaban J connectivity index is 2.11. The van der Waals surface area contributed by atoms with Crippen LogP contribution < -0.4 is 10.6 Å². The van der Waals surface area contributed by atoms with Crippen LogP contribution in [0.5, 0.6) is 0 Å². The van der Waals surface area contributed by atoms with E-state index in [0.717, 1.165) is 49.9 Å². The molecule has 0 bridgehead atoms. The number of rotatable bonds is 20. The van der Waals surface area contributed by atoms with Gasteiger partial charge in [-0.3, -0.25) is 9.59 Å². The summed E-state index contributed by atoms with van der Waals surface area (Å²) in [5.41, 5.74) is 1.54. The van der Waals surface area contributed by atoms with E-state index in [1.165, 1.54) is 51.4 Å². The molecule has 0 aromatic heterocycles. The number of unbranched alkanes of at least 4 members (excludes halogenated alkanes) is 12. The van der Waals surface area contributed by atoms with Gasteiger partial charge in [0.1, 0.15) is 0 Å². The molecule has 1 aromatic carbocycles. The van der Waals surface area contributed by atoms with E-state index < -0.39 is 0 Å². The van der Waals surface area contributed by atoms with Gasteiger partial charge >= 0.3 is 0 Å². The van der Waals surface area contributed by atoms with Crippen molar-refractivity contribution in [3.8, 4) is 0 Å². The van der Waals surface area contributed by atoms with Crippen molar-refractivity contribution in [2.45, 2.75) is 103 Å². The van der Waals surface area contributed by atoms with Gasteiger partial charge < -0.3 is 10.6 Å². The van der Waals surface area contributed by atoms with E-state index in [1.807, 2.05) is 36.4 Å². The highest BCUT2D eigenvalue weighted by atomic mass is 16.2. The number of hydrogen-bond donors (Lipinski definition) is 2. The lowest BCUT2D eigenvalue weighted by atomic mass is 10.1. The second-order valence-electron chi connectivity index (χ2n) is 8.57. The molecule has 0 atom stereocenters. The van der Waals surface area contributed by atoms with Crippen LogP contribution in [0.2, 0.25) is 0 Å². The Bertz CT molecular complexity index is 595. The fourth-order valence-corrected chi connectivity index (χ4v) is 3.65. The van der Waals surface area contributed by atoms with Crippen molar-refractivity contribution in [2.24, 2.45) is 0 Å². The molecule has 4 nitrogen and oxygen atoms in total. The minimum absolute atomic E-state index is 0.0536. The van der Waals surface area contributed by atoms with E-state index in [-0.39, 0.29) is 11.8 Å². The smallest absolute Gasteiger partial charge is 0.224 e. The predicted octanol–water partition coefficient (Wildman–Crippen LogP) is 8.18. The summed E-state index contributed by atoms with van der Waals surface area (Å²) in [5.74, 6) is 0.107. The Morgan fingerprint density at radius 1 is 0.562 bits per heavy atom. The van der Waals surface area contributed by atoms with E-state index in [0.29, 0.717) is 12.8 Å². The number of carbonyl (C=O) groups is 2. The van der Waals surface area contributed by atoms with Gasteiger partial charge in [0.15, 0.2) is 0 Å². The van der Waals surface area contributed by atoms with E-state index in [4.69, 9.17) is 0 Å². The largest absolute Gasteiger partial charge is 0.326 e. The summed E-state index contributed by atoms with van der Waals surface area (Å²) in [4.78, 5) is 24.2. The third kappa shape index (κ3) is 15.4. The lowest BCUT2D eigenvalue weighted by molar-refractivity contribution is -0.117. The first-order valence-corrected chi connectivity index (χ1v) is 12.6. The maximum atomic E-state index is 12.1. The second-order valence-corrected chi connectivity index (χ2v) is 8.57. The SMILES string of the molecule is C=CCCCCCCCCC(=O)Nc1ccc(NC(=O)CCCCCCCCC=C)cc1. The summed E-state index contributed by atoms with van der Waals surface area (Å²) < 4.78 is 0. The number of allylic oxidation sites excluding steroid dienone is 2. The molecule has 32 heavy (non-hydrogen) atoms. The monoisotopic (exact) mass is 440 g/mol. The topological polar surface area (TPSA) is 58.2 Å². The van der Waals surface area contributed by atoms with Crippen molar-refractivity contribution in [1.82, 2.24) is 0 Å². The molecule has 0 aliphatic rings. The lowest BCUT2D eigenvalue weighted by Gasteiger charge is -2.08. The highest BCUT2D eigenvalue weighted by Crippen LogP contribution is 2.16. The van der Waals surface area contributed by atoms with Crippen LogP contribution in [0, 0.1) is 0 Å². The molecule has 178 valence electrons. The van der Waals surface area contributed by atoms with Crippen LogP contribution in [0.3, 0.4) is 0 Å². The average molecular weight is 441 g/mol. The number of benzene rings is 1. The Morgan fingerprint density at radius 2 is 0.875 bits per heavy atom. The van der Waals surface area contributed by atoms with Gasteiger partial charge in [0.25, 0.3) is 0 Å². The van der Waals surface area contributed by atoms with Crippen molar-refractivity contribution in [3.63, 3.8) is 0 Å². The molecule has 0 spiro atoms. The summed E-state index contributed by atoms with van der Waals surface area (Å²) in [5, 5.41) is 5.88. The normalized spacial score (nSPS) is 10.5. The summed E-state index contributed by atoms with van der Waals surface area (Å²) in [6, 6.07) is 7.37. The molecule has 4 heteroatoms. The van der Waals surface area contributed by atoms with Gasteiger partial charge in [-0.1, -0.05) is 63.5 Å². The molecular weight excluding hydrogens is 396 g/mol. The fraction of sp³-hybridized carbons (Fsp3) is 0.571. The van der Waals surface area contributed by atoms with Crippen molar-refractivity contribution >= 4 is 23.2 Å². The zero-order valence-corrected chi connectivity index (χ0v) is 20.0. The quantitative estimate of drug-likeness (QED) is 0.159. The molecule has 0 unspecified atom stereocenters. The van der Waals surface area contributed by atoms with Gasteiger partial charge in [-0.25, -0.2) is 0 Å². The first kappa shape index (κ1) is 27.7. The molecule has 1 rings (SSSR count). The van der Waals surface area contributed by atoms with Gasteiger partial charge in [-0.15, -0.1) is 13.2 Å². The summed E-state index contributed by atoms with van der Waals surface area (Å²) >= 11 is 0. The maximum absolute atomic E-state index is 12.1. The highest BCUT2D eigenvalue weighted by Gasteiger charge is 2.05. The molecule has 0 saturated carbocycles. The van der Waals surface area contributed by atoms with E-state index in [9.17, 15) is 9.59 Å². The maximum Gasteiger partial charge on any atom is 0.224 e. The Kier molecular flexibility index (Phi) is 16.7. The Hall–Kier alpha value is -2.36. The van der Waals surface area contributed by atoms with Crippen LogP contribution >= 0.6 is 0 Å².